The van der Waals surface area contributed by atoms with Gasteiger partial charge in [-0.2, -0.15) is 4.98 Å². The number of nitrogens with two attached hydrogens (primary N) is 1. The lowest BCUT2D eigenvalue weighted by Crippen LogP contribution is -2.27. The Balaban J connectivity index is 3.33. The van der Waals surface area contributed by atoms with Gasteiger partial charge in [0.1, 0.15) is 5.82 Å². The molecule has 1 aromatic heterocycles. The van der Waals surface area contributed by atoms with Crippen LogP contribution in [-0.2, 0) is 6.54 Å². The summed E-state index contributed by atoms with van der Waals surface area (Å²) >= 11 is 0. The molecule has 4 N–H and O–H groups in total. The van der Waals surface area contributed by atoms with Crippen molar-refractivity contribution >= 4 is 0 Å². The van der Waals surface area contributed by atoms with Crippen LogP contribution in [0.25, 0.3) is 0 Å². The van der Waals surface area contributed by atoms with Crippen molar-refractivity contribution in [2.24, 2.45) is 5.73 Å². The van der Waals surface area contributed by atoms with Crippen LogP contribution in [0.4, 0.5) is 0 Å². The summed E-state index contributed by atoms with van der Waals surface area (Å²) in [5.74, 6) is 0.189. The zero-order valence-corrected chi connectivity index (χ0v) is 5.05. The summed E-state index contributed by atoms with van der Waals surface area (Å²) in [7, 11) is 0. The second-order valence-electron chi connectivity index (χ2n) is 1.65. The lowest BCUT2D eigenvalue weighted by Gasteiger charge is -1.89. The molecule has 0 radical (unpaired) electrons. The fourth-order valence-corrected chi connectivity index (χ4v) is 0.535. The number of aromatic nitrogens is 3. The molecule has 0 aromatic carbocycles. The van der Waals surface area contributed by atoms with Crippen LogP contribution in [0.15, 0.2) is 9.59 Å². The summed E-state index contributed by atoms with van der Waals surface area (Å²) in [6, 6.07) is 0. The number of nitrogens with zero attached hydrogens (tertiary/aromatic N) is 1. The summed E-state index contributed by atoms with van der Waals surface area (Å²) in [6.45, 7) is 0.0547. The highest BCUT2D eigenvalue weighted by Crippen LogP contribution is 1.70. The Morgan fingerprint density at radius 2 is 2.10 bits per heavy atom. The van der Waals surface area contributed by atoms with Gasteiger partial charge in [0.25, 0.3) is 0 Å². The van der Waals surface area contributed by atoms with E-state index in [4.69, 9.17) is 5.73 Å². The first-order chi connectivity index (χ1) is 4.72. The third kappa shape index (κ3) is 1.29. The lowest BCUT2D eigenvalue weighted by molar-refractivity contribution is 0.819. The van der Waals surface area contributed by atoms with E-state index in [0.717, 1.165) is 0 Å². The highest BCUT2D eigenvalue weighted by molar-refractivity contribution is 4.79. The maximum Gasteiger partial charge on any atom is 0.350 e. The summed E-state index contributed by atoms with van der Waals surface area (Å²) in [6.07, 6.45) is 0. The van der Waals surface area contributed by atoms with Crippen molar-refractivity contribution in [3.8, 4) is 0 Å². The van der Waals surface area contributed by atoms with Gasteiger partial charge >= 0.3 is 11.4 Å². The molecule has 0 spiro atoms. The summed E-state index contributed by atoms with van der Waals surface area (Å²) in [5, 5.41) is 0. The van der Waals surface area contributed by atoms with E-state index in [9.17, 15) is 9.59 Å². The van der Waals surface area contributed by atoms with E-state index in [1.54, 1.807) is 0 Å². The molecule has 1 heterocycles. The van der Waals surface area contributed by atoms with Gasteiger partial charge in [-0.25, -0.2) is 9.59 Å². The minimum atomic E-state index is -0.677. The maximum atomic E-state index is 10.5. The Morgan fingerprint density at radius 3 is 2.60 bits per heavy atom. The second kappa shape index (κ2) is 2.44. The minimum absolute atomic E-state index is 0.0547. The van der Waals surface area contributed by atoms with Crippen LogP contribution in [0.2, 0.25) is 0 Å². The van der Waals surface area contributed by atoms with E-state index >= 15 is 0 Å². The predicted octanol–water partition coefficient (Wildman–Crippen LogP) is -2.08. The fraction of sp³-hybridized carbons (Fsp3) is 0.250. The van der Waals surface area contributed by atoms with Crippen molar-refractivity contribution in [2.45, 2.75) is 6.54 Å². The Bertz CT molecular complexity index is 296. The Hall–Kier alpha value is -1.43. The van der Waals surface area contributed by atoms with Crippen LogP contribution in [0.3, 0.4) is 0 Å². The standard InChI is InChI=1S/C4H6N4O2/c5-1-2-6-3(9)8-4(10)7-2/h1,5H2,(H2,6,7,8,9,10). The average molecular weight is 142 g/mol. The lowest BCUT2D eigenvalue weighted by atomic mass is 10.6. The molecule has 0 saturated heterocycles. The van der Waals surface area contributed by atoms with Gasteiger partial charge in [0, 0.05) is 0 Å². The first-order valence-corrected chi connectivity index (χ1v) is 2.62. The maximum absolute atomic E-state index is 10.5. The molecule has 0 aliphatic carbocycles. The largest absolute Gasteiger partial charge is 0.350 e. The van der Waals surface area contributed by atoms with E-state index in [1.165, 1.54) is 0 Å². The monoisotopic (exact) mass is 142 g/mol. The van der Waals surface area contributed by atoms with Crippen molar-refractivity contribution in [3.63, 3.8) is 0 Å². The highest BCUT2D eigenvalue weighted by atomic mass is 16.2. The van der Waals surface area contributed by atoms with Gasteiger partial charge in [-0.1, -0.05) is 0 Å². The quantitative estimate of drug-likeness (QED) is 0.418. The molecule has 0 amide bonds. The van der Waals surface area contributed by atoms with Crippen molar-refractivity contribution in [3.05, 3.63) is 26.8 Å². The highest BCUT2D eigenvalue weighted by Gasteiger charge is 1.92. The first kappa shape index (κ1) is 6.69. The van der Waals surface area contributed by atoms with E-state index in [-0.39, 0.29) is 12.4 Å². The van der Waals surface area contributed by atoms with Crippen LogP contribution in [0, 0.1) is 0 Å². The molecule has 0 unspecified atom stereocenters. The minimum Gasteiger partial charge on any atom is -0.324 e. The van der Waals surface area contributed by atoms with Crippen LogP contribution in [0.1, 0.15) is 5.82 Å². The average Bonchev–Trinajstić information content (AvgIpc) is 1.85. The van der Waals surface area contributed by atoms with Crippen LogP contribution in [0.5, 0.6) is 0 Å². The third-order valence-corrected chi connectivity index (χ3v) is 0.908. The zero-order valence-electron chi connectivity index (χ0n) is 5.05. The summed E-state index contributed by atoms with van der Waals surface area (Å²) in [5.41, 5.74) is 3.84. The third-order valence-electron chi connectivity index (χ3n) is 0.908. The smallest absolute Gasteiger partial charge is 0.324 e. The number of hydrogen-bond donors (Lipinski definition) is 3. The molecule has 54 valence electrons. The zero-order chi connectivity index (χ0) is 7.56. The number of nitrogens with one attached hydrogen (secondary N) is 2. The summed E-state index contributed by atoms with van der Waals surface area (Å²) in [4.78, 5) is 28.4. The molecular weight excluding hydrogens is 136 g/mol. The molecule has 1 aromatic rings. The van der Waals surface area contributed by atoms with E-state index in [2.05, 4.69) is 9.97 Å². The molecule has 0 saturated carbocycles. The van der Waals surface area contributed by atoms with E-state index in [1.807, 2.05) is 4.98 Å². The van der Waals surface area contributed by atoms with Gasteiger partial charge in [0.15, 0.2) is 0 Å². The number of hydrogen-bond acceptors (Lipinski definition) is 4. The predicted molar refractivity (Wildman–Crippen MR) is 33.4 cm³/mol. The van der Waals surface area contributed by atoms with E-state index < -0.39 is 11.4 Å². The van der Waals surface area contributed by atoms with Gasteiger partial charge in [-0.3, -0.25) is 9.97 Å². The van der Waals surface area contributed by atoms with Gasteiger partial charge in [0.2, 0.25) is 0 Å². The van der Waals surface area contributed by atoms with Gasteiger partial charge in [-0.05, 0) is 0 Å². The van der Waals surface area contributed by atoms with Gasteiger partial charge < -0.3 is 5.73 Å². The van der Waals surface area contributed by atoms with Crippen molar-refractivity contribution in [2.75, 3.05) is 0 Å². The number of aromatic amines is 2. The Kier molecular flexibility index (Phi) is 1.63. The van der Waals surface area contributed by atoms with Crippen molar-refractivity contribution in [1.29, 1.82) is 0 Å². The number of rotatable bonds is 1. The van der Waals surface area contributed by atoms with Crippen LogP contribution >= 0.6 is 0 Å². The molecule has 1 rings (SSSR count). The van der Waals surface area contributed by atoms with Gasteiger partial charge in [-0.15, -0.1) is 0 Å². The molecule has 0 fully saturated rings. The summed E-state index contributed by atoms with van der Waals surface area (Å²) < 4.78 is 0. The molecule has 10 heavy (non-hydrogen) atoms. The molecule has 0 bridgehead atoms. The van der Waals surface area contributed by atoms with Crippen molar-refractivity contribution in [1.82, 2.24) is 15.0 Å². The van der Waals surface area contributed by atoms with Crippen molar-refractivity contribution < 1.29 is 0 Å². The molecule has 0 aliphatic rings. The normalized spacial score (nSPS) is 9.70. The molecule has 6 heteroatoms. The second-order valence-corrected chi connectivity index (χ2v) is 1.65. The topological polar surface area (TPSA) is 105 Å². The number of H-pyrrole nitrogens is 2. The van der Waals surface area contributed by atoms with Crippen LogP contribution < -0.4 is 17.1 Å². The first-order valence-electron chi connectivity index (χ1n) is 2.62. The van der Waals surface area contributed by atoms with Crippen LogP contribution in [-0.4, -0.2) is 15.0 Å². The molecule has 0 atom stereocenters. The Labute approximate surface area is 55.1 Å². The molecule has 6 nitrogen and oxygen atoms in total. The Morgan fingerprint density at radius 1 is 1.40 bits per heavy atom. The molecular formula is C4H6N4O2. The fourth-order valence-electron chi connectivity index (χ4n) is 0.535. The molecule has 0 aliphatic heterocycles. The SMILES string of the molecule is NCc1nc(=O)[nH]c(=O)[nH]1. The van der Waals surface area contributed by atoms with E-state index in [0.29, 0.717) is 0 Å². The van der Waals surface area contributed by atoms with Gasteiger partial charge in [0.05, 0.1) is 6.54 Å².